The molecule has 1 aromatic carbocycles. The van der Waals surface area contributed by atoms with Crippen molar-refractivity contribution in [3.63, 3.8) is 0 Å². The zero-order valence-corrected chi connectivity index (χ0v) is 12.0. The molecule has 0 atom stereocenters. The van der Waals surface area contributed by atoms with E-state index < -0.39 is 0 Å². The van der Waals surface area contributed by atoms with Gasteiger partial charge in [0, 0.05) is 17.5 Å². The van der Waals surface area contributed by atoms with E-state index in [9.17, 15) is 0 Å². The van der Waals surface area contributed by atoms with Crippen molar-refractivity contribution in [3.8, 4) is 0 Å². The average Bonchev–Trinajstić information content (AvgIpc) is 2.36. The summed E-state index contributed by atoms with van der Waals surface area (Å²) in [5.41, 5.74) is 2.26. The van der Waals surface area contributed by atoms with Crippen LogP contribution in [0.4, 0.5) is 5.69 Å². The minimum absolute atomic E-state index is 0.331. The molecule has 1 aromatic rings. The Labute approximate surface area is 108 Å². The molecule has 4 heteroatoms. The third-order valence-corrected chi connectivity index (χ3v) is 3.80. The molecule has 0 amide bonds. The number of thioether (sulfide) groups is 1. The van der Waals surface area contributed by atoms with Gasteiger partial charge in [0.05, 0.1) is 16.9 Å². The van der Waals surface area contributed by atoms with Gasteiger partial charge in [-0.25, -0.2) is 0 Å². The Balaban J connectivity index is 3.27. The van der Waals surface area contributed by atoms with Crippen molar-refractivity contribution in [1.29, 1.82) is 5.41 Å². The first kappa shape index (κ1) is 14.1. The van der Waals surface area contributed by atoms with Crippen LogP contribution in [0, 0.1) is 5.41 Å². The van der Waals surface area contributed by atoms with Gasteiger partial charge >= 0.3 is 0 Å². The maximum Gasteiger partial charge on any atom is 0.0602 e. The fourth-order valence-electron chi connectivity index (χ4n) is 1.63. The highest BCUT2D eigenvalue weighted by molar-refractivity contribution is 7.98. The molecular weight excluding hydrogens is 230 g/mol. The molecule has 0 saturated carbocycles. The van der Waals surface area contributed by atoms with Gasteiger partial charge in [0.2, 0.25) is 0 Å². The topological polar surface area (TPSA) is 47.9 Å². The van der Waals surface area contributed by atoms with Gasteiger partial charge in [0.1, 0.15) is 0 Å². The molecule has 17 heavy (non-hydrogen) atoms. The Morgan fingerprint density at radius 1 is 1.29 bits per heavy atom. The molecule has 3 nitrogen and oxygen atoms in total. The lowest BCUT2D eigenvalue weighted by Crippen LogP contribution is -2.44. The largest absolute Gasteiger partial charge is 0.387 e. The lowest BCUT2D eigenvalue weighted by molar-refractivity contribution is 0.561. The summed E-state index contributed by atoms with van der Waals surface area (Å²) in [4.78, 5) is 1.17. The number of hydrogen-bond acceptors (Lipinski definition) is 4. The molecule has 3 N–H and O–H groups in total. The quantitative estimate of drug-likeness (QED) is 0.557. The van der Waals surface area contributed by atoms with E-state index >= 15 is 0 Å². The summed E-state index contributed by atoms with van der Waals surface area (Å²) in [7, 11) is 3.78. The van der Waals surface area contributed by atoms with Crippen LogP contribution in [0.2, 0.25) is 0 Å². The van der Waals surface area contributed by atoms with Crippen LogP contribution in [0.15, 0.2) is 23.1 Å². The van der Waals surface area contributed by atoms with E-state index in [0.29, 0.717) is 5.71 Å². The van der Waals surface area contributed by atoms with Gasteiger partial charge in [0.25, 0.3) is 0 Å². The van der Waals surface area contributed by atoms with Gasteiger partial charge in [-0.3, -0.25) is 0 Å². The smallest absolute Gasteiger partial charge is 0.0602 e. The van der Waals surface area contributed by atoms with Crippen LogP contribution in [-0.2, 0) is 0 Å². The lowest BCUT2D eigenvalue weighted by atomic mass is 9.91. The van der Waals surface area contributed by atoms with Crippen LogP contribution in [0.3, 0.4) is 0 Å². The van der Waals surface area contributed by atoms with E-state index in [-0.39, 0.29) is 5.54 Å². The summed E-state index contributed by atoms with van der Waals surface area (Å²) >= 11 is 1.69. The molecule has 0 aliphatic carbocycles. The molecule has 0 spiro atoms. The third kappa shape index (κ3) is 2.82. The summed E-state index contributed by atoms with van der Waals surface area (Å²) in [6.07, 6.45) is 2.05. The van der Waals surface area contributed by atoms with Crippen LogP contribution in [-0.4, -0.2) is 31.6 Å². The summed E-state index contributed by atoms with van der Waals surface area (Å²) in [6, 6.07) is 6.06. The van der Waals surface area contributed by atoms with Crippen LogP contribution >= 0.6 is 11.8 Å². The van der Waals surface area contributed by atoms with Crippen molar-refractivity contribution in [2.75, 3.05) is 25.7 Å². The first-order chi connectivity index (χ1) is 7.97. The molecule has 0 radical (unpaired) electrons. The Morgan fingerprint density at radius 3 is 2.41 bits per heavy atom. The van der Waals surface area contributed by atoms with Gasteiger partial charge < -0.3 is 16.0 Å². The Hall–Kier alpha value is -1.00. The predicted octanol–water partition coefficient (Wildman–Crippen LogP) is 2.82. The minimum atomic E-state index is -0.331. The SMILES string of the molecule is CNc1c(SC)cccc1C(=N)C(C)(C)NC. The van der Waals surface area contributed by atoms with Gasteiger partial charge in [-0.15, -0.1) is 11.8 Å². The molecule has 0 unspecified atom stereocenters. The predicted molar refractivity (Wildman–Crippen MR) is 77.7 cm³/mol. The molecule has 0 aromatic heterocycles. The van der Waals surface area contributed by atoms with E-state index in [1.165, 1.54) is 4.90 Å². The standard InChI is InChI=1S/C13H21N3S/c1-13(2,16-4)12(14)9-7-6-8-10(17-5)11(9)15-3/h6-8,14-16H,1-5H3. The highest BCUT2D eigenvalue weighted by Gasteiger charge is 2.25. The Kier molecular flexibility index (Phi) is 4.60. The summed E-state index contributed by atoms with van der Waals surface area (Å²) in [6.45, 7) is 4.03. The van der Waals surface area contributed by atoms with Crippen molar-refractivity contribution >= 4 is 23.2 Å². The molecule has 0 saturated heterocycles. The van der Waals surface area contributed by atoms with Crippen LogP contribution in [0.1, 0.15) is 19.4 Å². The maximum absolute atomic E-state index is 8.34. The van der Waals surface area contributed by atoms with E-state index in [2.05, 4.69) is 16.7 Å². The summed E-state index contributed by atoms with van der Waals surface area (Å²) in [5.74, 6) is 0. The number of hydrogen-bond donors (Lipinski definition) is 3. The number of benzene rings is 1. The van der Waals surface area contributed by atoms with Crippen LogP contribution in [0.25, 0.3) is 0 Å². The second kappa shape index (κ2) is 5.56. The second-order valence-corrected chi connectivity index (χ2v) is 5.23. The van der Waals surface area contributed by atoms with Crippen LogP contribution < -0.4 is 10.6 Å². The van der Waals surface area contributed by atoms with Gasteiger partial charge in [0.15, 0.2) is 0 Å². The summed E-state index contributed by atoms with van der Waals surface area (Å²) in [5, 5.41) is 14.7. The minimum Gasteiger partial charge on any atom is -0.387 e. The number of rotatable bonds is 5. The normalized spacial score (nSPS) is 11.4. The zero-order valence-electron chi connectivity index (χ0n) is 11.1. The van der Waals surface area contributed by atoms with E-state index in [1.54, 1.807) is 11.8 Å². The number of anilines is 1. The van der Waals surface area contributed by atoms with Crippen molar-refractivity contribution < 1.29 is 0 Å². The second-order valence-electron chi connectivity index (χ2n) is 4.38. The highest BCUT2D eigenvalue weighted by atomic mass is 32.2. The number of para-hydroxylation sites is 1. The van der Waals surface area contributed by atoms with Crippen molar-refractivity contribution in [1.82, 2.24) is 5.32 Å². The van der Waals surface area contributed by atoms with E-state index in [0.717, 1.165) is 11.3 Å². The molecule has 0 fully saturated rings. The lowest BCUT2D eigenvalue weighted by Gasteiger charge is -2.27. The van der Waals surface area contributed by atoms with Crippen molar-refractivity contribution in [3.05, 3.63) is 23.8 Å². The number of nitrogens with one attached hydrogen (secondary N) is 3. The van der Waals surface area contributed by atoms with Crippen molar-refractivity contribution in [2.45, 2.75) is 24.3 Å². The third-order valence-electron chi connectivity index (χ3n) is 3.02. The Morgan fingerprint density at radius 2 is 1.94 bits per heavy atom. The fraction of sp³-hybridized carbons (Fsp3) is 0.462. The molecular formula is C13H21N3S. The zero-order chi connectivity index (χ0) is 13.1. The molecule has 0 heterocycles. The molecule has 0 aliphatic rings. The van der Waals surface area contributed by atoms with E-state index in [4.69, 9.17) is 5.41 Å². The van der Waals surface area contributed by atoms with E-state index in [1.807, 2.05) is 46.3 Å². The van der Waals surface area contributed by atoms with Crippen molar-refractivity contribution in [2.24, 2.45) is 0 Å². The monoisotopic (exact) mass is 251 g/mol. The van der Waals surface area contributed by atoms with Gasteiger partial charge in [-0.2, -0.15) is 0 Å². The first-order valence-electron chi connectivity index (χ1n) is 5.61. The van der Waals surface area contributed by atoms with Crippen LogP contribution in [0.5, 0.6) is 0 Å². The first-order valence-corrected chi connectivity index (χ1v) is 6.83. The Bertz CT molecular complexity index is 413. The highest BCUT2D eigenvalue weighted by Crippen LogP contribution is 2.30. The molecule has 0 bridgehead atoms. The molecule has 94 valence electrons. The summed E-state index contributed by atoms with van der Waals surface area (Å²) < 4.78 is 0. The number of likely N-dealkylation sites (N-methyl/N-ethyl adjacent to an activating group) is 1. The molecule has 1 rings (SSSR count). The molecule has 0 aliphatic heterocycles. The average molecular weight is 251 g/mol. The fourth-order valence-corrected chi connectivity index (χ4v) is 2.26. The van der Waals surface area contributed by atoms with Gasteiger partial charge in [-0.05, 0) is 33.2 Å². The van der Waals surface area contributed by atoms with Gasteiger partial charge in [-0.1, -0.05) is 12.1 Å². The maximum atomic E-state index is 8.34.